The number of epoxide rings is 2. The SMILES string of the molecule is CC(Oc1c(C(C)(C)C)cc(Cc2cc(C(C)(C)C)c(OC(C)C3CO3)c(C(C)(C)C)c2)cc1C(C)(C)C)C1CO1. The minimum absolute atomic E-state index is 0.0303. The molecule has 0 aromatic heterocycles. The summed E-state index contributed by atoms with van der Waals surface area (Å²) in [5.74, 6) is 2.06. The molecule has 0 N–H and O–H groups in total. The lowest BCUT2D eigenvalue weighted by Gasteiger charge is -2.33. The van der Waals surface area contributed by atoms with E-state index >= 15 is 0 Å². The molecule has 2 fully saturated rings. The average molecular weight is 565 g/mol. The second-order valence-electron chi connectivity index (χ2n) is 16.6. The summed E-state index contributed by atoms with van der Waals surface area (Å²) < 4.78 is 24.6. The van der Waals surface area contributed by atoms with Crippen molar-refractivity contribution in [3.8, 4) is 11.5 Å². The van der Waals surface area contributed by atoms with Gasteiger partial charge in [-0.1, -0.05) is 107 Å². The van der Waals surface area contributed by atoms with Crippen molar-refractivity contribution >= 4 is 0 Å². The third kappa shape index (κ3) is 7.68. The van der Waals surface area contributed by atoms with Crippen LogP contribution in [0.5, 0.6) is 11.5 Å². The number of benzene rings is 2. The Bertz CT molecular complexity index is 1070. The van der Waals surface area contributed by atoms with Crippen LogP contribution in [0.2, 0.25) is 0 Å². The van der Waals surface area contributed by atoms with Crippen molar-refractivity contribution in [1.82, 2.24) is 0 Å². The maximum absolute atomic E-state index is 6.71. The summed E-state index contributed by atoms with van der Waals surface area (Å²) in [6, 6.07) is 9.54. The predicted octanol–water partition coefficient (Wildman–Crippen LogP) is 8.80. The maximum atomic E-state index is 6.71. The molecule has 41 heavy (non-hydrogen) atoms. The number of rotatable bonds is 8. The first-order chi connectivity index (χ1) is 18.7. The third-order valence-corrected chi connectivity index (χ3v) is 8.31. The lowest BCUT2D eigenvalue weighted by molar-refractivity contribution is 0.169. The van der Waals surface area contributed by atoms with Gasteiger partial charge in [0, 0.05) is 22.3 Å². The Morgan fingerprint density at radius 2 is 0.805 bits per heavy atom. The molecule has 0 amide bonds. The number of hydrogen-bond acceptors (Lipinski definition) is 4. The van der Waals surface area contributed by atoms with Crippen LogP contribution in [0.1, 0.15) is 130 Å². The van der Waals surface area contributed by atoms with Gasteiger partial charge in [0.25, 0.3) is 0 Å². The predicted molar refractivity (Wildman–Crippen MR) is 170 cm³/mol. The highest BCUT2D eigenvalue weighted by molar-refractivity contribution is 5.54. The molecule has 2 aliphatic heterocycles. The molecule has 4 heteroatoms. The lowest BCUT2D eigenvalue weighted by Crippen LogP contribution is -2.26. The van der Waals surface area contributed by atoms with Gasteiger partial charge in [-0.3, -0.25) is 0 Å². The standard InChI is InChI=1S/C37H56O4/c1-22(30-20-38-30)40-32-26(34(3,4)5)16-24(17-27(32)35(6,7)8)15-25-18-28(36(9,10)11)33(29(19-25)37(12,13)14)41-23(2)31-21-39-31/h16-19,22-23,30-31H,15,20-21H2,1-14H3. The second kappa shape index (κ2) is 10.9. The lowest BCUT2D eigenvalue weighted by atomic mass is 9.76. The number of ether oxygens (including phenoxy) is 4. The first-order valence-corrected chi connectivity index (χ1v) is 15.6. The van der Waals surface area contributed by atoms with Crippen LogP contribution in [-0.2, 0) is 37.6 Å². The van der Waals surface area contributed by atoms with Crippen LogP contribution >= 0.6 is 0 Å². The largest absolute Gasteiger partial charge is 0.487 e. The van der Waals surface area contributed by atoms with E-state index in [4.69, 9.17) is 18.9 Å². The van der Waals surface area contributed by atoms with Crippen molar-refractivity contribution in [2.75, 3.05) is 13.2 Å². The molecular weight excluding hydrogens is 508 g/mol. The molecule has 4 rings (SSSR count). The molecule has 0 radical (unpaired) electrons. The fourth-order valence-electron chi connectivity index (χ4n) is 5.48. The van der Waals surface area contributed by atoms with E-state index < -0.39 is 0 Å². The fraction of sp³-hybridized carbons (Fsp3) is 0.676. The van der Waals surface area contributed by atoms with Crippen molar-refractivity contribution in [3.63, 3.8) is 0 Å². The molecule has 4 atom stereocenters. The van der Waals surface area contributed by atoms with Crippen molar-refractivity contribution in [2.45, 2.75) is 149 Å². The van der Waals surface area contributed by atoms with Gasteiger partial charge in [0.2, 0.25) is 0 Å². The first kappa shape index (κ1) is 31.9. The average Bonchev–Trinajstić information content (AvgIpc) is 3.70. The van der Waals surface area contributed by atoms with E-state index in [1.54, 1.807) is 0 Å². The topological polar surface area (TPSA) is 43.5 Å². The van der Waals surface area contributed by atoms with Gasteiger partial charge in [-0.2, -0.15) is 0 Å². The minimum atomic E-state index is -0.0681. The van der Waals surface area contributed by atoms with Crippen LogP contribution in [-0.4, -0.2) is 37.6 Å². The molecule has 0 saturated carbocycles. The van der Waals surface area contributed by atoms with Gasteiger partial charge in [0.1, 0.15) is 35.9 Å². The summed E-state index contributed by atoms with van der Waals surface area (Å²) in [6.07, 6.45) is 1.29. The fourth-order valence-corrected chi connectivity index (χ4v) is 5.48. The molecule has 2 aliphatic rings. The first-order valence-electron chi connectivity index (χ1n) is 15.6. The highest BCUT2D eigenvalue weighted by atomic mass is 16.6. The van der Waals surface area contributed by atoms with Crippen LogP contribution < -0.4 is 9.47 Å². The third-order valence-electron chi connectivity index (χ3n) is 8.31. The molecule has 2 aromatic rings. The van der Waals surface area contributed by atoms with Gasteiger partial charge in [0.05, 0.1) is 13.2 Å². The summed E-state index contributed by atoms with van der Waals surface area (Å²) in [5.41, 5.74) is 7.41. The van der Waals surface area contributed by atoms with Crippen LogP contribution in [0, 0.1) is 0 Å². The van der Waals surface area contributed by atoms with Crippen LogP contribution in [0.3, 0.4) is 0 Å². The highest BCUT2D eigenvalue weighted by Crippen LogP contribution is 2.45. The van der Waals surface area contributed by atoms with Crippen molar-refractivity contribution in [1.29, 1.82) is 0 Å². The van der Waals surface area contributed by atoms with E-state index in [1.807, 2.05) is 0 Å². The summed E-state index contributed by atoms with van der Waals surface area (Å²) in [4.78, 5) is 0. The Morgan fingerprint density at radius 3 is 1.00 bits per heavy atom. The van der Waals surface area contributed by atoms with E-state index in [9.17, 15) is 0 Å². The second-order valence-corrected chi connectivity index (χ2v) is 16.6. The van der Waals surface area contributed by atoms with Crippen LogP contribution in [0.15, 0.2) is 24.3 Å². The zero-order valence-electron chi connectivity index (χ0n) is 28.4. The van der Waals surface area contributed by atoms with Gasteiger partial charge in [-0.25, -0.2) is 0 Å². The normalized spacial score (nSPS) is 20.9. The van der Waals surface area contributed by atoms with Crippen LogP contribution in [0.4, 0.5) is 0 Å². The molecule has 0 spiro atoms. The summed E-state index contributed by atoms with van der Waals surface area (Å²) in [6.45, 7) is 33.3. The zero-order valence-corrected chi connectivity index (χ0v) is 28.4. The molecule has 2 heterocycles. The van der Waals surface area contributed by atoms with Gasteiger partial charge in [0.15, 0.2) is 0 Å². The smallest absolute Gasteiger partial charge is 0.127 e. The molecule has 2 aromatic carbocycles. The van der Waals surface area contributed by atoms with Gasteiger partial charge in [-0.15, -0.1) is 0 Å². The van der Waals surface area contributed by atoms with E-state index in [0.29, 0.717) is 0 Å². The van der Waals surface area contributed by atoms with Gasteiger partial charge >= 0.3 is 0 Å². The van der Waals surface area contributed by atoms with Gasteiger partial charge in [-0.05, 0) is 53.1 Å². The molecule has 2 saturated heterocycles. The van der Waals surface area contributed by atoms with Crippen LogP contribution in [0.25, 0.3) is 0 Å². The molecule has 0 bridgehead atoms. The Kier molecular flexibility index (Phi) is 8.48. The van der Waals surface area contributed by atoms with E-state index in [2.05, 4.69) is 121 Å². The Morgan fingerprint density at radius 1 is 0.561 bits per heavy atom. The van der Waals surface area contributed by atoms with E-state index in [1.165, 1.54) is 33.4 Å². The Balaban J connectivity index is 1.85. The highest BCUT2D eigenvalue weighted by Gasteiger charge is 2.36. The molecule has 0 aliphatic carbocycles. The molecular formula is C37H56O4. The van der Waals surface area contributed by atoms with Crippen molar-refractivity contribution < 1.29 is 18.9 Å². The summed E-state index contributed by atoms with van der Waals surface area (Å²) in [5, 5.41) is 0. The van der Waals surface area contributed by atoms with Crippen molar-refractivity contribution in [3.05, 3.63) is 57.6 Å². The Labute approximate surface area is 250 Å². The zero-order chi connectivity index (χ0) is 30.7. The van der Waals surface area contributed by atoms with Crippen molar-refractivity contribution in [2.24, 2.45) is 0 Å². The quantitative estimate of drug-likeness (QED) is 0.301. The Hall–Kier alpha value is -2.04. The monoisotopic (exact) mass is 564 g/mol. The molecule has 228 valence electrons. The maximum Gasteiger partial charge on any atom is 0.127 e. The van der Waals surface area contributed by atoms with E-state index in [-0.39, 0.29) is 46.1 Å². The minimum Gasteiger partial charge on any atom is -0.487 e. The molecule has 4 unspecified atom stereocenters. The summed E-state index contributed by atoms with van der Waals surface area (Å²) in [7, 11) is 0. The number of hydrogen-bond donors (Lipinski definition) is 0. The molecule has 4 nitrogen and oxygen atoms in total. The summed E-state index contributed by atoms with van der Waals surface area (Å²) >= 11 is 0. The van der Waals surface area contributed by atoms with E-state index in [0.717, 1.165) is 31.1 Å². The van der Waals surface area contributed by atoms with Gasteiger partial charge < -0.3 is 18.9 Å².